The van der Waals surface area contributed by atoms with Gasteiger partial charge >= 0.3 is 0 Å². The third kappa shape index (κ3) is 3.00. The monoisotopic (exact) mass is 321 g/mol. The summed E-state index contributed by atoms with van der Waals surface area (Å²) in [5.74, 6) is 1.50. The van der Waals surface area contributed by atoms with Gasteiger partial charge < -0.3 is 15.2 Å². The highest BCUT2D eigenvalue weighted by Gasteiger charge is 2.26. The molecule has 2 aromatic rings. The molecule has 2 aromatic heterocycles. The molecule has 1 saturated heterocycles. The number of hydrogen-bond acceptors (Lipinski definition) is 6. The number of aryl methyl sites for hydroxylation is 1. The van der Waals surface area contributed by atoms with Crippen LogP contribution in [0.15, 0.2) is 18.5 Å². The molecule has 22 heavy (non-hydrogen) atoms. The third-order valence-corrected chi connectivity index (χ3v) is 4.33. The third-order valence-electron chi connectivity index (χ3n) is 4.14. The Morgan fingerprint density at radius 3 is 2.86 bits per heavy atom. The van der Waals surface area contributed by atoms with Crippen LogP contribution >= 0.6 is 11.6 Å². The van der Waals surface area contributed by atoms with Crippen LogP contribution in [-0.4, -0.2) is 50.3 Å². The van der Waals surface area contributed by atoms with E-state index in [-0.39, 0.29) is 0 Å². The Bertz CT molecular complexity index is 656. The molecule has 3 rings (SSSR count). The summed E-state index contributed by atoms with van der Waals surface area (Å²) in [5, 5.41) is 8.04. The van der Waals surface area contributed by atoms with E-state index in [0.717, 1.165) is 37.7 Å². The summed E-state index contributed by atoms with van der Waals surface area (Å²) in [7, 11) is 2.02. The number of hydrogen-bond donors (Lipinski definition) is 1. The number of rotatable bonds is 3. The molecule has 8 heteroatoms. The quantitative estimate of drug-likeness (QED) is 0.914. The average molecular weight is 322 g/mol. The van der Waals surface area contributed by atoms with Crippen molar-refractivity contribution in [3.63, 3.8) is 0 Å². The second-order valence-electron chi connectivity index (χ2n) is 5.66. The van der Waals surface area contributed by atoms with Crippen LogP contribution in [0.4, 0.5) is 11.5 Å². The van der Waals surface area contributed by atoms with Crippen molar-refractivity contribution in [3.05, 3.63) is 29.4 Å². The van der Waals surface area contributed by atoms with Gasteiger partial charge in [0.05, 0.1) is 12.2 Å². The van der Waals surface area contributed by atoms with E-state index < -0.39 is 0 Å². The van der Waals surface area contributed by atoms with Crippen molar-refractivity contribution in [2.45, 2.75) is 19.5 Å². The molecule has 1 atom stereocenters. The van der Waals surface area contributed by atoms with Gasteiger partial charge in [0.2, 0.25) is 0 Å². The Kier molecular flexibility index (Phi) is 4.17. The van der Waals surface area contributed by atoms with Crippen molar-refractivity contribution in [1.29, 1.82) is 0 Å². The van der Waals surface area contributed by atoms with Crippen LogP contribution < -0.4 is 10.6 Å². The second kappa shape index (κ2) is 6.10. The Balaban J connectivity index is 1.69. The lowest BCUT2D eigenvalue weighted by Crippen LogP contribution is -2.51. The highest BCUT2D eigenvalue weighted by molar-refractivity contribution is 6.29. The zero-order chi connectivity index (χ0) is 15.7. The van der Waals surface area contributed by atoms with Crippen molar-refractivity contribution in [2.75, 3.05) is 30.3 Å². The van der Waals surface area contributed by atoms with Crippen molar-refractivity contribution in [2.24, 2.45) is 7.05 Å². The van der Waals surface area contributed by atoms with Gasteiger partial charge in [-0.2, -0.15) is 0 Å². The van der Waals surface area contributed by atoms with Gasteiger partial charge in [0, 0.05) is 51.2 Å². The Morgan fingerprint density at radius 2 is 2.18 bits per heavy atom. The van der Waals surface area contributed by atoms with E-state index in [2.05, 4.69) is 36.5 Å². The summed E-state index contributed by atoms with van der Waals surface area (Å²) < 4.78 is 2.06. The van der Waals surface area contributed by atoms with E-state index in [4.69, 9.17) is 17.3 Å². The zero-order valence-electron chi connectivity index (χ0n) is 12.8. The molecule has 7 nitrogen and oxygen atoms in total. The smallest absolute Gasteiger partial charge is 0.169 e. The molecule has 1 fully saturated rings. The lowest BCUT2D eigenvalue weighted by atomic mass is 10.1. The minimum Gasteiger partial charge on any atom is -0.380 e. The molecule has 3 heterocycles. The minimum atomic E-state index is 0.368. The predicted octanol–water partition coefficient (Wildman–Crippen LogP) is 1.16. The van der Waals surface area contributed by atoms with Gasteiger partial charge in [0.1, 0.15) is 5.82 Å². The van der Waals surface area contributed by atoms with E-state index in [1.54, 1.807) is 6.07 Å². The molecule has 1 aliphatic rings. The molecule has 0 aromatic carbocycles. The Labute approximate surface area is 134 Å². The first-order valence-electron chi connectivity index (χ1n) is 7.28. The van der Waals surface area contributed by atoms with Crippen molar-refractivity contribution >= 4 is 23.1 Å². The van der Waals surface area contributed by atoms with Gasteiger partial charge in [0.15, 0.2) is 11.0 Å². The number of piperazine rings is 1. The maximum absolute atomic E-state index is 5.94. The topological polar surface area (TPSA) is 76.1 Å². The molecule has 0 saturated carbocycles. The Hall–Kier alpha value is -1.86. The van der Waals surface area contributed by atoms with E-state index in [9.17, 15) is 0 Å². The van der Waals surface area contributed by atoms with E-state index >= 15 is 0 Å². The predicted molar refractivity (Wildman–Crippen MR) is 86.7 cm³/mol. The van der Waals surface area contributed by atoms with Gasteiger partial charge in [-0.15, -0.1) is 10.2 Å². The standard InChI is InChI=1S/C14H20ClN7/c1-10-8-22(11-7-12(15)18-19-14(11)16)6-5-21(10)9-13-17-3-4-20(13)2/h3-4,7,10H,5-6,8-9H2,1-2H3,(H2,16,19)/t10-/m0/s1. The molecular formula is C14H20ClN7. The maximum atomic E-state index is 5.94. The summed E-state index contributed by atoms with van der Waals surface area (Å²) in [5.41, 5.74) is 6.79. The molecular weight excluding hydrogens is 302 g/mol. The fourth-order valence-electron chi connectivity index (χ4n) is 2.80. The first-order chi connectivity index (χ1) is 10.5. The number of aromatic nitrogens is 4. The normalized spacial score (nSPS) is 19.6. The van der Waals surface area contributed by atoms with Gasteiger partial charge in [-0.3, -0.25) is 4.90 Å². The van der Waals surface area contributed by atoms with Crippen molar-refractivity contribution < 1.29 is 0 Å². The highest BCUT2D eigenvalue weighted by atomic mass is 35.5. The Morgan fingerprint density at radius 1 is 1.36 bits per heavy atom. The van der Waals surface area contributed by atoms with Gasteiger partial charge in [0.25, 0.3) is 0 Å². The zero-order valence-corrected chi connectivity index (χ0v) is 13.5. The summed E-state index contributed by atoms with van der Waals surface area (Å²) >= 11 is 5.94. The van der Waals surface area contributed by atoms with Crippen LogP contribution in [0.1, 0.15) is 12.7 Å². The number of nitrogens with zero attached hydrogens (tertiary/aromatic N) is 6. The molecule has 0 amide bonds. The number of nitrogens with two attached hydrogens (primary N) is 1. The van der Waals surface area contributed by atoms with E-state index in [1.807, 2.05) is 19.4 Å². The molecule has 2 N–H and O–H groups in total. The summed E-state index contributed by atoms with van der Waals surface area (Å²) in [6.45, 7) is 5.75. The van der Waals surface area contributed by atoms with E-state index in [1.165, 1.54) is 0 Å². The molecule has 0 aliphatic carbocycles. The number of anilines is 2. The van der Waals surface area contributed by atoms with Crippen molar-refractivity contribution in [3.8, 4) is 0 Å². The lowest BCUT2D eigenvalue weighted by Gasteiger charge is -2.40. The maximum Gasteiger partial charge on any atom is 0.169 e. The summed E-state index contributed by atoms with van der Waals surface area (Å²) in [6.07, 6.45) is 3.81. The fraction of sp³-hybridized carbons (Fsp3) is 0.500. The number of halogens is 1. The minimum absolute atomic E-state index is 0.368. The molecule has 0 unspecified atom stereocenters. The van der Waals surface area contributed by atoms with Crippen LogP contribution in [0.3, 0.4) is 0 Å². The molecule has 0 bridgehead atoms. The van der Waals surface area contributed by atoms with Crippen LogP contribution in [0, 0.1) is 0 Å². The SMILES string of the molecule is C[C@H]1CN(c2cc(Cl)nnc2N)CCN1Cc1nccn1C. The largest absolute Gasteiger partial charge is 0.380 e. The summed E-state index contributed by atoms with van der Waals surface area (Å²) in [4.78, 5) is 9.04. The summed E-state index contributed by atoms with van der Waals surface area (Å²) in [6, 6.07) is 2.17. The molecule has 0 spiro atoms. The van der Waals surface area contributed by atoms with Gasteiger partial charge in [-0.1, -0.05) is 11.6 Å². The van der Waals surface area contributed by atoms with Crippen molar-refractivity contribution in [1.82, 2.24) is 24.6 Å². The fourth-order valence-corrected chi connectivity index (χ4v) is 2.94. The molecule has 0 radical (unpaired) electrons. The first kappa shape index (κ1) is 15.1. The van der Waals surface area contributed by atoms with Gasteiger partial charge in [-0.25, -0.2) is 4.98 Å². The molecule has 1 aliphatic heterocycles. The second-order valence-corrected chi connectivity index (χ2v) is 6.04. The molecule has 118 valence electrons. The lowest BCUT2D eigenvalue weighted by molar-refractivity contribution is 0.175. The number of imidazole rings is 1. The van der Waals surface area contributed by atoms with E-state index in [0.29, 0.717) is 17.0 Å². The van der Waals surface area contributed by atoms with Crippen LogP contribution in [-0.2, 0) is 13.6 Å². The van der Waals surface area contributed by atoms with Crippen LogP contribution in [0.2, 0.25) is 5.15 Å². The van der Waals surface area contributed by atoms with Gasteiger partial charge in [-0.05, 0) is 6.92 Å². The highest BCUT2D eigenvalue weighted by Crippen LogP contribution is 2.26. The van der Waals surface area contributed by atoms with Crippen LogP contribution in [0.5, 0.6) is 0 Å². The number of nitrogen functional groups attached to an aromatic ring is 1. The van der Waals surface area contributed by atoms with Crippen LogP contribution in [0.25, 0.3) is 0 Å². The first-order valence-corrected chi connectivity index (χ1v) is 7.66. The average Bonchev–Trinajstić information content (AvgIpc) is 2.89.